The van der Waals surface area contributed by atoms with E-state index in [1.807, 2.05) is 20.8 Å². The Morgan fingerprint density at radius 2 is 1.95 bits per heavy atom. The summed E-state index contributed by atoms with van der Waals surface area (Å²) >= 11 is 0. The van der Waals surface area contributed by atoms with Crippen molar-refractivity contribution in [3.63, 3.8) is 0 Å². The molecule has 0 radical (unpaired) electrons. The van der Waals surface area contributed by atoms with Crippen molar-refractivity contribution in [3.8, 4) is 0 Å². The smallest absolute Gasteiger partial charge is 0.324 e. The summed E-state index contributed by atoms with van der Waals surface area (Å²) in [5.41, 5.74) is 0. The van der Waals surface area contributed by atoms with E-state index in [9.17, 15) is 4.79 Å². The van der Waals surface area contributed by atoms with Crippen molar-refractivity contribution in [2.75, 3.05) is 46.0 Å². The van der Waals surface area contributed by atoms with E-state index in [1.54, 1.807) is 0 Å². The topological polar surface area (TPSA) is 60.0 Å². The van der Waals surface area contributed by atoms with Gasteiger partial charge in [-0.2, -0.15) is 0 Å². The second-order valence-electron chi connectivity index (χ2n) is 4.31. The first-order chi connectivity index (χ1) is 9.22. The maximum atomic E-state index is 11.9. The number of nitrogens with one attached hydrogen (secondary N) is 1. The molecular formula is C13H26N2O4. The Kier molecular flexibility index (Phi) is 7.97. The van der Waals surface area contributed by atoms with E-state index in [2.05, 4.69) is 10.2 Å². The van der Waals surface area contributed by atoms with Crippen molar-refractivity contribution in [2.45, 2.75) is 33.1 Å². The molecule has 0 saturated carbocycles. The number of hydrogen-bond acceptors (Lipinski definition) is 6. The third-order valence-electron chi connectivity index (χ3n) is 3.00. The molecule has 1 aliphatic heterocycles. The zero-order valence-electron chi connectivity index (χ0n) is 12.2. The summed E-state index contributed by atoms with van der Waals surface area (Å²) in [6.07, 6.45) is -0.287. The third-order valence-corrected chi connectivity index (χ3v) is 3.00. The summed E-state index contributed by atoms with van der Waals surface area (Å²) < 4.78 is 16.2. The minimum atomic E-state index is -0.287. The molecule has 6 nitrogen and oxygen atoms in total. The molecule has 0 aliphatic carbocycles. The van der Waals surface area contributed by atoms with Crippen LogP contribution in [0.15, 0.2) is 0 Å². The van der Waals surface area contributed by atoms with E-state index in [0.29, 0.717) is 32.9 Å². The number of esters is 1. The van der Waals surface area contributed by atoms with Gasteiger partial charge in [0.2, 0.25) is 0 Å². The molecule has 0 aromatic rings. The van der Waals surface area contributed by atoms with E-state index in [1.165, 1.54) is 0 Å². The average molecular weight is 274 g/mol. The largest absolute Gasteiger partial charge is 0.465 e. The van der Waals surface area contributed by atoms with Crippen LogP contribution in [0.5, 0.6) is 0 Å². The number of rotatable bonds is 8. The molecule has 0 amide bonds. The van der Waals surface area contributed by atoms with Crippen LogP contribution in [0.3, 0.4) is 0 Å². The second kappa shape index (κ2) is 9.25. The number of nitrogens with zero attached hydrogens (tertiary/aromatic N) is 1. The Morgan fingerprint density at radius 3 is 2.53 bits per heavy atom. The van der Waals surface area contributed by atoms with Crippen molar-refractivity contribution in [1.29, 1.82) is 0 Å². The van der Waals surface area contributed by atoms with Gasteiger partial charge in [-0.3, -0.25) is 9.69 Å². The van der Waals surface area contributed by atoms with Gasteiger partial charge in [0.25, 0.3) is 0 Å². The summed E-state index contributed by atoms with van der Waals surface area (Å²) in [6, 6.07) is -0.253. The number of piperazine rings is 1. The molecule has 6 heteroatoms. The molecule has 1 unspecified atom stereocenters. The van der Waals surface area contributed by atoms with Crippen molar-refractivity contribution in [3.05, 3.63) is 0 Å². The highest BCUT2D eigenvalue weighted by molar-refractivity contribution is 5.76. The second-order valence-corrected chi connectivity index (χ2v) is 4.31. The summed E-state index contributed by atoms with van der Waals surface area (Å²) in [5.74, 6) is -0.179. The molecule has 0 aromatic heterocycles. The molecule has 1 aliphatic rings. The monoisotopic (exact) mass is 274 g/mol. The van der Waals surface area contributed by atoms with Crippen molar-refractivity contribution in [1.82, 2.24) is 10.2 Å². The van der Waals surface area contributed by atoms with Gasteiger partial charge in [-0.25, -0.2) is 0 Å². The van der Waals surface area contributed by atoms with Gasteiger partial charge >= 0.3 is 5.97 Å². The highest BCUT2D eigenvalue weighted by Gasteiger charge is 2.31. The molecule has 1 N–H and O–H groups in total. The maximum absolute atomic E-state index is 11.9. The fourth-order valence-electron chi connectivity index (χ4n) is 2.15. The first kappa shape index (κ1) is 16.4. The van der Waals surface area contributed by atoms with Gasteiger partial charge < -0.3 is 19.5 Å². The van der Waals surface area contributed by atoms with E-state index in [4.69, 9.17) is 14.2 Å². The number of carbonyl (C=O) groups is 1. The predicted octanol–water partition coefficient (Wildman–Crippen LogP) is 0.222. The highest BCUT2D eigenvalue weighted by Crippen LogP contribution is 2.09. The number of ether oxygens (including phenoxy) is 3. The average Bonchev–Trinajstić information content (AvgIpc) is 2.40. The molecule has 0 bridgehead atoms. The summed E-state index contributed by atoms with van der Waals surface area (Å²) in [4.78, 5) is 14.0. The van der Waals surface area contributed by atoms with Gasteiger partial charge in [0, 0.05) is 32.8 Å². The van der Waals surface area contributed by atoms with Crippen molar-refractivity contribution >= 4 is 5.97 Å². The summed E-state index contributed by atoms with van der Waals surface area (Å²) in [6.45, 7) is 10.2. The van der Waals surface area contributed by atoms with Crippen LogP contribution in [-0.2, 0) is 19.0 Å². The van der Waals surface area contributed by atoms with Gasteiger partial charge in [0.1, 0.15) is 6.04 Å². The lowest BCUT2D eigenvalue weighted by atomic mass is 10.2. The molecule has 1 rings (SSSR count). The van der Waals surface area contributed by atoms with E-state index < -0.39 is 0 Å². The summed E-state index contributed by atoms with van der Waals surface area (Å²) in [7, 11) is 0. The summed E-state index contributed by atoms with van der Waals surface area (Å²) in [5, 5.41) is 3.22. The Labute approximate surface area is 115 Å². The molecular weight excluding hydrogens is 248 g/mol. The Bertz CT molecular complexity index is 257. The van der Waals surface area contributed by atoms with E-state index >= 15 is 0 Å². The van der Waals surface area contributed by atoms with Crippen LogP contribution >= 0.6 is 0 Å². The molecule has 1 atom stereocenters. The molecule has 1 saturated heterocycles. The molecule has 19 heavy (non-hydrogen) atoms. The van der Waals surface area contributed by atoms with E-state index in [0.717, 1.165) is 13.1 Å². The Morgan fingerprint density at radius 1 is 1.26 bits per heavy atom. The highest BCUT2D eigenvalue weighted by atomic mass is 16.7. The molecule has 1 heterocycles. The van der Waals surface area contributed by atoms with Gasteiger partial charge in [0.15, 0.2) is 6.29 Å². The van der Waals surface area contributed by atoms with Crippen LogP contribution in [0, 0.1) is 0 Å². The van der Waals surface area contributed by atoms with Crippen molar-refractivity contribution < 1.29 is 19.0 Å². The van der Waals surface area contributed by atoms with Crippen LogP contribution in [0.4, 0.5) is 0 Å². The zero-order valence-corrected chi connectivity index (χ0v) is 12.2. The molecule has 112 valence electrons. The van der Waals surface area contributed by atoms with Crippen LogP contribution in [-0.4, -0.2) is 69.2 Å². The Hall–Kier alpha value is -0.690. The number of hydrogen-bond donors (Lipinski definition) is 1. The van der Waals surface area contributed by atoms with Crippen LogP contribution in [0.2, 0.25) is 0 Å². The van der Waals surface area contributed by atoms with Crippen LogP contribution < -0.4 is 5.32 Å². The van der Waals surface area contributed by atoms with Gasteiger partial charge in [0.05, 0.1) is 13.2 Å². The third kappa shape index (κ3) is 5.44. The minimum Gasteiger partial charge on any atom is -0.465 e. The van der Waals surface area contributed by atoms with Gasteiger partial charge in [-0.05, 0) is 20.8 Å². The van der Waals surface area contributed by atoms with Crippen molar-refractivity contribution in [2.24, 2.45) is 0 Å². The quantitative estimate of drug-likeness (QED) is 0.505. The predicted molar refractivity (Wildman–Crippen MR) is 71.9 cm³/mol. The van der Waals surface area contributed by atoms with Crippen LogP contribution in [0.25, 0.3) is 0 Å². The molecule has 0 spiro atoms. The zero-order chi connectivity index (χ0) is 14.1. The normalized spacial score (nSPS) is 20.7. The first-order valence-electron chi connectivity index (χ1n) is 7.07. The lowest BCUT2D eigenvalue weighted by Crippen LogP contribution is -2.57. The maximum Gasteiger partial charge on any atom is 0.324 e. The lowest BCUT2D eigenvalue weighted by Gasteiger charge is -2.36. The lowest BCUT2D eigenvalue weighted by molar-refractivity contribution is -0.164. The Balaban J connectivity index is 2.57. The van der Waals surface area contributed by atoms with Crippen LogP contribution in [0.1, 0.15) is 20.8 Å². The van der Waals surface area contributed by atoms with E-state index in [-0.39, 0.29) is 18.3 Å². The molecule has 1 fully saturated rings. The standard InChI is InChI=1S/C13H26N2O4/c1-4-17-12(18-5-2)10-15-8-7-14-9-11(15)13(16)19-6-3/h11-12,14H,4-10H2,1-3H3. The fraction of sp³-hybridized carbons (Fsp3) is 0.923. The minimum absolute atomic E-state index is 0.179. The number of carbonyl (C=O) groups excluding carboxylic acids is 1. The fourth-order valence-corrected chi connectivity index (χ4v) is 2.15. The molecule has 0 aromatic carbocycles. The van der Waals surface area contributed by atoms with Gasteiger partial charge in [-0.1, -0.05) is 0 Å². The first-order valence-corrected chi connectivity index (χ1v) is 7.07. The SMILES string of the molecule is CCOC(=O)C1CNCCN1CC(OCC)OCC. The van der Waals surface area contributed by atoms with Gasteiger partial charge in [-0.15, -0.1) is 0 Å².